The van der Waals surface area contributed by atoms with Crippen LogP contribution in [-0.2, 0) is 0 Å². The molecule has 3 heteroatoms. The molecule has 0 amide bonds. The van der Waals surface area contributed by atoms with Crippen molar-refractivity contribution in [1.82, 2.24) is 0 Å². The third-order valence-electron chi connectivity index (χ3n) is 3.04. The van der Waals surface area contributed by atoms with E-state index >= 15 is 0 Å². The first kappa shape index (κ1) is 11.5. The monoisotopic (exact) mass is 257 g/mol. The largest absolute Gasteiger partial charge is 0.396 e. The minimum atomic E-state index is 0.234. The molecule has 0 aliphatic rings. The summed E-state index contributed by atoms with van der Waals surface area (Å²) in [6, 6.07) is 15.0. The lowest BCUT2D eigenvalue weighted by molar-refractivity contribution is 0.292. The average Bonchev–Trinajstić information content (AvgIpc) is 2.76. The number of aliphatic hydroxyl groups excluding tert-OH is 1. The molecule has 0 saturated carbocycles. The molecule has 3 rings (SSSR count). The van der Waals surface area contributed by atoms with Gasteiger partial charge >= 0.3 is 0 Å². The van der Waals surface area contributed by atoms with Gasteiger partial charge in [-0.05, 0) is 24.6 Å². The summed E-state index contributed by atoms with van der Waals surface area (Å²) in [5, 5.41) is 14.8. The quantitative estimate of drug-likeness (QED) is 0.696. The number of aliphatic hydroxyl groups is 1. The summed E-state index contributed by atoms with van der Waals surface area (Å²) >= 11 is 1.83. The molecule has 2 aromatic carbocycles. The van der Waals surface area contributed by atoms with Crippen LogP contribution < -0.4 is 5.32 Å². The number of anilines is 1. The van der Waals surface area contributed by atoms with Crippen LogP contribution in [-0.4, -0.2) is 18.3 Å². The van der Waals surface area contributed by atoms with Crippen molar-refractivity contribution < 1.29 is 5.11 Å². The fourth-order valence-electron chi connectivity index (χ4n) is 2.15. The van der Waals surface area contributed by atoms with E-state index in [1.54, 1.807) is 0 Å². The van der Waals surface area contributed by atoms with Gasteiger partial charge in [0.25, 0.3) is 0 Å². The van der Waals surface area contributed by atoms with Crippen LogP contribution in [0.4, 0.5) is 5.69 Å². The number of hydrogen-bond donors (Lipinski definition) is 2. The smallest absolute Gasteiger partial charge is 0.0447 e. The van der Waals surface area contributed by atoms with Crippen molar-refractivity contribution in [1.29, 1.82) is 0 Å². The zero-order chi connectivity index (χ0) is 12.4. The van der Waals surface area contributed by atoms with E-state index in [2.05, 4.69) is 47.8 Å². The Morgan fingerprint density at radius 1 is 1.00 bits per heavy atom. The summed E-state index contributed by atoms with van der Waals surface area (Å²) in [4.78, 5) is 0. The summed E-state index contributed by atoms with van der Waals surface area (Å²) < 4.78 is 2.64. The number of thiophene rings is 1. The second kappa shape index (κ2) is 4.96. The molecular weight excluding hydrogens is 242 g/mol. The van der Waals surface area contributed by atoms with Gasteiger partial charge in [0.05, 0.1) is 0 Å². The van der Waals surface area contributed by atoms with Crippen molar-refractivity contribution in [3.63, 3.8) is 0 Å². The lowest BCUT2D eigenvalue weighted by atomic mass is 10.1. The number of rotatable bonds is 4. The van der Waals surface area contributed by atoms with Gasteiger partial charge in [0, 0.05) is 39.0 Å². The van der Waals surface area contributed by atoms with Gasteiger partial charge in [-0.15, -0.1) is 11.3 Å². The minimum absolute atomic E-state index is 0.234. The summed E-state index contributed by atoms with van der Waals surface area (Å²) in [6.45, 7) is 1.05. The van der Waals surface area contributed by atoms with E-state index in [9.17, 15) is 0 Å². The Balaban J connectivity index is 1.99. The molecule has 3 aromatic rings. The zero-order valence-corrected chi connectivity index (χ0v) is 10.8. The van der Waals surface area contributed by atoms with Crippen LogP contribution in [0, 0.1) is 0 Å². The second-order valence-corrected chi connectivity index (χ2v) is 5.40. The first-order chi connectivity index (χ1) is 8.88. The van der Waals surface area contributed by atoms with Gasteiger partial charge < -0.3 is 10.4 Å². The Bertz CT molecular complexity index is 674. The Labute approximate surface area is 110 Å². The number of fused-ring (bicyclic) bond motifs is 3. The molecular formula is C15H15NOS. The highest BCUT2D eigenvalue weighted by molar-refractivity contribution is 7.25. The van der Waals surface area contributed by atoms with Crippen molar-refractivity contribution in [3.05, 3.63) is 42.5 Å². The lowest BCUT2D eigenvalue weighted by Crippen LogP contribution is -2.02. The van der Waals surface area contributed by atoms with Crippen LogP contribution in [0.5, 0.6) is 0 Å². The molecule has 1 aromatic heterocycles. The normalized spacial score (nSPS) is 11.2. The van der Waals surface area contributed by atoms with E-state index in [0.717, 1.165) is 18.7 Å². The molecule has 0 bridgehead atoms. The van der Waals surface area contributed by atoms with Crippen molar-refractivity contribution in [2.45, 2.75) is 6.42 Å². The van der Waals surface area contributed by atoms with Crippen molar-refractivity contribution in [3.8, 4) is 0 Å². The molecule has 2 nitrogen and oxygen atoms in total. The molecule has 0 spiro atoms. The van der Waals surface area contributed by atoms with E-state index in [4.69, 9.17) is 5.11 Å². The van der Waals surface area contributed by atoms with Crippen LogP contribution in [0.2, 0.25) is 0 Å². The first-order valence-corrected chi connectivity index (χ1v) is 6.96. The summed E-state index contributed by atoms with van der Waals surface area (Å²) in [5.74, 6) is 0. The highest BCUT2D eigenvalue weighted by Gasteiger charge is 2.04. The third kappa shape index (κ3) is 2.07. The van der Waals surface area contributed by atoms with Crippen LogP contribution in [0.1, 0.15) is 6.42 Å². The van der Waals surface area contributed by atoms with Crippen LogP contribution in [0.15, 0.2) is 42.5 Å². The van der Waals surface area contributed by atoms with E-state index in [1.807, 2.05) is 11.3 Å². The average molecular weight is 257 g/mol. The van der Waals surface area contributed by atoms with Gasteiger partial charge in [0.1, 0.15) is 0 Å². The Hall–Kier alpha value is -1.58. The third-order valence-corrected chi connectivity index (χ3v) is 4.18. The molecule has 92 valence electrons. The summed E-state index contributed by atoms with van der Waals surface area (Å²) in [5.41, 5.74) is 1.13. The van der Waals surface area contributed by atoms with Crippen LogP contribution in [0.25, 0.3) is 20.2 Å². The van der Waals surface area contributed by atoms with Gasteiger partial charge in [-0.3, -0.25) is 0 Å². The highest BCUT2D eigenvalue weighted by atomic mass is 32.1. The van der Waals surface area contributed by atoms with E-state index in [-0.39, 0.29) is 6.61 Å². The SMILES string of the molecule is OCCCNc1ccc2c(c1)sc1ccccc12. The van der Waals surface area contributed by atoms with Gasteiger partial charge in [-0.2, -0.15) is 0 Å². The molecule has 0 fully saturated rings. The second-order valence-electron chi connectivity index (χ2n) is 4.31. The Morgan fingerprint density at radius 3 is 2.72 bits per heavy atom. The van der Waals surface area contributed by atoms with E-state index in [1.165, 1.54) is 20.2 Å². The molecule has 0 unspecified atom stereocenters. The van der Waals surface area contributed by atoms with Crippen molar-refractivity contribution in [2.24, 2.45) is 0 Å². The predicted octanol–water partition coefficient (Wildman–Crippen LogP) is 3.85. The van der Waals surface area contributed by atoms with E-state index in [0.29, 0.717) is 0 Å². The standard InChI is InChI=1S/C15H15NOS/c17-9-3-8-16-11-6-7-13-12-4-1-2-5-14(12)18-15(13)10-11/h1-2,4-7,10,16-17H,3,8-9H2. The van der Waals surface area contributed by atoms with Crippen LogP contribution >= 0.6 is 11.3 Å². The molecule has 0 atom stereocenters. The molecule has 18 heavy (non-hydrogen) atoms. The highest BCUT2D eigenvalue weighted by Crippen LogP contribution is 2.34. The molecule has 0 aliphatic heterocycles. The number of nitrogens with one attached hydrogen (secondary N) is 1. The molecule has 0 aliphatic carbocycles. The molecule has 1 heterocycles. The van der Waals surface area contributed by atoms with Gasteiger partial charge in [0.2, 0.25) is 0 Å². The minimum Gasteiger partial charge on any atom is -0.396 e. The maximum absolute atomic E-state index is 8.77. The van der Waals surface area contributed by atoms with Crippen LogP contribution in [0.3, 0.4) is 0 Å². The van der Waals surface area contributed by atoms with Crippen molar-refractivity contribution in [2.75, 3.05) is 18.5 Å². The fourth-order valence-corrected chi connectivity index (χ4v) is 3.29. The number of benzene rings is 2. The Morgan fingerprint density at radius 2 is 1.83 bits per heavy atom. The zero-order valence-electron chi connectivity index (χ0n) is 10.0. The van der Waals surface area contributed by atoms with E-state index < -0.39 is 0 Å². The molecule has 2 N–H and O–H groups in total. The number of hydrogen-bond acceptors (Lipinski definition) is 3. The van der Waals surface area contributed by atoms with Gasteiger partial charge in [-0.1, -0.05) is 24.3 Å². The summed E-state index contributed by atoms with van der Waals surface area (Å²) in [6.07, 6.45) is 0.782. The predicted molar refractivity (Wildman–Crippen MR) is 79.5 cm³/mol. The molecule has 0 radical (unpaired) electrons. The fraction of sp³-hybridized carbons (Fsp3) is 0.200. The maximum Gasteiger partial charge on any atom is 0.0447 e. The lowest BCUT2D eigenvalue weighted by Gasteiger charge is -2.04. The summed E-state index contributed by atoms with van der Waals surface area (Å²) in [7, 11) is 0. The maximum atomic E-state index is 8.77. The topological polar surface area (TPSA) is 32.3 Å². The Kier molecular flexibility index (Phi) is 3.17. The molecule has 0 saturated heterocycles. The van der Waals surface area contributed by atoms with Crippen molar-refractivity contribution >= 4 is 37.2 Å². The van der Waals surface area contributed by atoms with Gasteiger partial charge in [-0.25, -0.2) is 0 Å². The first-order valence-electron chi connectivity index (χ1n) is 6.14. The van der Waals surface area contributed by atoms with Gasteiger partial charge in [0.15, 0.2) is 0 Å².